The highest BCUT2D eigenvalue weighted by atomic mass is 32.2. The summed E-state index contributed by atoms with van der Waals surface area (Å²) < 4.78 is 79.4. The summed E-state index contributed by atoms with van der Waals surface area (Å²) in [4.78, 5) is 4.33. The van der Waals surface area contributed by atoms with Crippen LogP contribution >= 0.6 is 0 Å². The number of aromatic nitrogens is 3. The molecule has 2 aliphatic heterocycles. The van der Waals surface area contributed by atoms with Crippen LogP contribution < -0.4 is 9.47 Å². The smallest absolute Gasteiger partial charge is 0.433 e. The van der Waals surface area contributed by atoms with E-state index in [-0.39, 0.29) is 36.3 Å². The predicted molar refractivity (Wildman–Crippen MR) is 106 cm³/mol. The minimum absolute atomic E-state index is 0.0339. The third-order valence-electron chi connectivity index (χ3n) is 5.70. The van der Waals surface area contributed by atoms with Crippen molar-refractivity contribution in [3.05, 3.63) is 47.4 Å². The molecule has 0 bridgehead atoms. The van der Waals surface area contributed by atoms with E-state index in [0.29, 0.717) is 35.7 Å². The molecule has 170 valence electrons. The van der Waals surface area contributed by atoms with Gasteiger partial charge in [0, 0.05) is 36.8 Å². The van der Waals surface area contributed by atoms with Gasteiger partial charge < -0.3 is 9.47 Å². The number of aryl methyl sites for hydroxylation is 1. The first-order valence-electron chi connectivity index (χ1n) is 10.0. The summed E-state index contributed by atoms with van der Waals surface area (Å²) >= 11 is 0. The molecule has 0 radical (unpaired) electrons. The van der Waals surface area contributed by atoms with Crippen LogP contribution in [0.3, 0.4) is 0 Å². The molecule has 12 heteroatoms. The number of benzene rings is 1. The summed E-state index contributed by atoms with van der Waals surface area (Å²) in [6.07, 6.45) is -3.79. The summed E-state index contributed by atoms with van der Waals surface area (Å²) in [7, 11) is -3.81. The van der Waals surface area contributed by atoms with Crippen molar-refractivity contribution in [2.24, 2.45) is 0 Å². The van der Waals surface area contributed by atoms with E-state index < -0.39 is 21.9 Å². The Labute approximate surface area is 181 Å². The number of rotatable bonds is 4. The molecular weight excluding hydrogens is 449 g/mol. The van der Waals surface area contributed by atoms with Gasteiger partial charge in [-0.05, 0) is 31.0 Å². The molecular formula is C20H19F3N4O4S. The zero-order valence-corrected chi connectivity index (χ0v) is 17.8. The van der Waals surface area contributed by atoms with Crippen molar-refractivity contribution in [2.45, 2.75) is 36.8 Å². The maximum atomic E-state index is 13.5. The monoisotopic (exact) mass is 468 g/mol. The van der Waals surface area contributed by atoms with Crippen molar-refractivity contribution in [1.29, 1.82) is 0 Å². The van der Waals surface area contributed by atoms with Crippen molar-refractivity contribution in [2.75, 3.05) is 19.9 Å². The largest absolute Gasteiger partial charge is 0.454 e. The van der Waals surface area contributed by atoms with E-state index in [9.17, 15) is 21.6 Å². The van der Waals surface area contributed by atoms with Crippen molar-refractivity contribution >= 4 is 15.7 Å². The van der Waals surface area contributed by atoms with Gasteiger partial charge in [-0.3, -0.25) is 0 Å². The van der Waals surface area contributed by atoms with E-state index in [1.807, 2.05) is 0 Å². The van der Waals surface area contributed by atoms with Gasteiger partial charge in [-0.1, -0.05) is 6.92 Å². The Hall–Kier alpha value is -2.86. The molecule has 5 rings (SSSR count). The first kappa shape index (κ1) is 21.0. The Bertz CT molecular complexity index is 1310. The minimum atomic E-state index is -4.58. The lowest BCUT2D eigenvalue weighted by molar-refractivity contribution is -0.142. The number of nitrogens with zero attached hydrogens (tertiary/aromatic N) is 4. The second kappa shape index (κ2) is 7.34. The number of ether oxygens (including phenoxy) is 2. The minimum Gasteiger partial charge on any atom is -0.454 e. The van der Waals surface area contributed by atoms with Crippen LogP contribution in [0.5, 0.6) is 11.5 Å². The van der Waals surface area contributed by atoms with E-state index in [0.717, 1.165) is 10.6 Å². The normalized spacial score (nSPS) is 19.2. The molecule has 0 saturated carbocycles. The Kier molecular flexibility index (Phi) is 4.82. The van der Waals surface area contributed by atoms with Crippen LogP contribution in [0.2, 0.25) is 0 Å². The first-order chi connectivity index (χ1) is 15.2. The molecule has 1 saturated heterocycles. The number of halogens is 3. The topological polar surface area (TPSA) is 86.0 Å². The van der Waals surface area contributed by atoms with E-state index in [1.54, 1.807) is 13.0 Å². The SMILES string of the molecule is CCc1cc(C(F)(F)F)n2nc([C@H]3CCN(S(=O)(=O)c4ccc5c(c4)OCO5)C3)cc2n1. The van der Waals surface area contributed by atoms with Gasteiger partial charge in [0.1, 0.15) is 5.69 Å². The van der Waals surface area contributed by atoms with Gasteiger partial charge in [0.25, 0.3) is 0 Å². The molecule has 1 fully saturated rings. The van der Waals surface area contributed by atoms with Gasteiger partial charge in [0.2, 0.25) is 16.8 Å². The van der Waals surface area contributed by atoms with Gasteiger partial charge in [0.15, 0.2) is 17.1 Å². The zero-order valence-electron chi connectivity index (χ0n) is 17.0. The van der Waals surface area contributed by atoms with E-state index in [4.69, 9.17) is 9.47 Å². The number of hydrogen-bond acceptors (Lipinski definition) is 6. The predicted octanol–water partition coefficient (Wildman–Crippen LogP) is 3.22. The summed E-state index contributed by atoms with van der Waals surface area (Å²) in [5.74, 6) is 0.499. The lowest BCUT2D eigenvalue weighted by atomic mass is 10.1. The van der Waals surface area contributed by atoms with E-state index >= 15 is 0 Å². The summed E-state index contributed by atoms with van der Waals surface area (Å²) in [5.41, 5.74) is -0.0912. The molecule has 0 amide bonds. The van der Waals surface area contributed by atoms with Crippen LogP contribution in [0, 0.1) is 0 Å². The molecule has 32 heavy (non-hydrogen) atoms. The maximum absolute atomic E-state index is 13.5. The van der Waals surface area contributed by atoms with Gasteiger partial charge in [0.05, 0.1) is 10.6 Å². The third kappa shape index (κ3) is 3.47. The maximum Gasteiger partial charge on any atom is 0.433 e. The first-order valence-corrected chi connectivity index (χ1v) is 11.5. The summed E-state index contributed by atoms with van der Waals surface area (Å²) in [5, 5.41) is 4.15. The zero-order chi connectivity index (χ0) is 22.7. The summed E-state index contributed by atoms with van der Waals surface area (Å²) in [6.45, 7) is 2.11. The molecule has 0 unspecified atom stereocenters. The van der Waals surface area contributed by atoms with Crippen molar-refractivity contribution in [3.63, 3.8) is 0 Å². The standard InChI is InChI=1S/C20H19F3N4O4S/c1-2-13-7-18(20(21,22)23)27-19(24-13)9-15(25-27)12-5-6-26(10-12)32(28,29)14-3-4-16-17(8-14)31-11-30-16/h3-4,7-9,12H,2,5-6,10-11H2,1H3/t12-/m0/s1. The summed E-state index contributed by atoms with van der Waals surface area (Å²) in [6, 6.07) is 6.92. The van der Waals surface area contributed by atoms with Gasteiger partial charge in [-0.15, -0.1) is 0 Å². The lowest BCUT2D eigenvalue weighted by Gasteiger charge is -2.16. The molecule has 0 spiro atoms. The number of fused-ring (bicyclic) bond motifs is 2. The van der Waals surface area contributed by atoms with Gasteiger partial charge in [-0.25, -0.2) is 17.9 Å². The molecule has 2 aliphatic rings. The highest BCUT2D eigenvalue weighted by Crippen LogP contribution is 2.37. The highest BCUT2D eigenvalue weighted by molar-refractivity contribution is 7.89. The molecule has 4 heterocycles. The van der Waals surface area contributed by atoms with Crippen molar-refractivity contribution < 1.29 is 31.1 Å². The average molecular weight is 468 g/mol. The second-order valence-electron chi connectivity index (χ2n) is 7.69. The number of alkyl halides is 3. The number of hydrogen-bond donors (Lipinski definition) is 0. The van der Waals surface area contributed by atoms with Crippen LogP contribution in [-0.2, 0) is 22.6 Å². The van der Waals surface area contributed by atoms with Crippen LogP contribution in [0.25, 0.3) is 5.65 Å². The molecule has 1 aromatic carbocycles. The fourth-order valence-electron chi connectivity index (χ4n) is 4.00. The van der Waals surface area contributed by atoms with E-state index in [1.165, 1.54) is 22.5 Å². The molecule has 0 N–H and O–H groups in total. The molecule has 2 aromatic heterocycles. The molecule has 8 nitrogen and oxygen atoms in total. The Morgan fingerprint density at radius 3 is 2.69 bits per heavy atom. The van der Waals surface area contributed by atoms with E-state index in [2.05, 4.69) is 10.1 Å². The van der Waals surface area contributed by atoms with Crippen molar-refractivity contribution in [3.8, 4) is 11.5 Å². The van der Waals surface area contributed by atoms with Crippen LogP contribution in [0.1, 0.15) is 36.3 Å². The average Bonchev–Trinajstić information content (AvgIpc) is 3.50. The molecule has 1 atom stereocenters. The highest BCUT2D eigenvalue weighted by Gasteiger charge is 2.38. The van der Waals surface area contributed by atoms with Crippen LogP contribution in [-0.4, -0.2) is 47.2 Å². The number of sulfonamides is 1. The molecule has 3 aromatic rings. The molecule has 0 aliphatic carbocycles. The van der Waals surface area contributed by atoms with Crippen molar-refractivity contribution in [1.82, 2.24) is 18.9 Å². The second-order valence-corrected chi connectivity index (χ2v) is 9.62. The van der Waals surface area contributed by atoms with Gasteiger partial charge in [-0.2, -0.15) is 22.6 Å². The van der Waals surface area contributed by atoms with Crippen LogP contribution in [0.15, 0.2) is 35.2 Å². The Morgan fingerprint density at radius 1 is 1.16 bits per heavy atom. The Morgan fingerprint density at radius 2 is 1.94 bits per heavy atom. The Balaban J connectivity index is 1.44. The lowest BCUT2D eigenvalue weighted by Crippen LogP contribution is -2.28. The van der Waals surface area contributed by atoms with Crippen LogP contribution in [0.4, 0.5) is 13.2 Å². The third-order valence-corrected chi connectivity index (χ3v) is 7.56. The fourth-order valence-corrected chi connectivity index (χ4v) is 5.52. The van der Waals surface area contributed by atoms with Gasteiger partial charge >= 0.3 is 6.18 Å². The quantitative estimate of drug-likeness (QED) is 0.585. The fraction of sp³-hybridized carbons (Fsp3) is 0.400.